The van der Waals surface area contributed by atoms with Crippen molar-refractivity contribution in [3.8, 4) is 0 Å². The average Bonchev–Trinajstić information content (AvgIpc) is 3.01. The summed E-state index contributed by atoms with van der Waals surface area (Å²) < 4.78 is 0. The highest BCUT2D eigenvalue weighted by atomic mass is 32.2. The smallest absolute Gasteiger partial charge is 0.242 e. The molecule has 0 aliphatic carbocycles. The van der Waals surface area contributed by atoms with Gasteiger partial charge in [-0.05, 0) is 24.9 Å². The lowest BCUT2D eigenvalue weighted by atomic mass is 10.2. The van der Waals surface area contributed by atoms with E-state index in [1.165, 1.54) is 33.3 Å². The van der Waals surface area contributed by atoms with Gasteiger partial charge in [-0.2, -0.15) is 11.8 Å². The van der Waals surface area contributed by atoms with Crippen molar-refractivity contribution in [3.05, 3.63) is 0 Å². The number of likely N-dealkylation sites (tertiary alicyclic amines) is 2. The van der Waals surface area contributed by atoms with Crippen LogP contribution in [0.4, 0.5) is 0 Å². The number of unbranched alkanes of at least 4 members (excludes halogenated alkanes) is 3. The van der Waals surface area contributed by atoms with E-state index in [4.69, 9.17) is 0 Å². The topological polar surface area (TPSA) is 74.8 Å². The van der Waals surface area contributed by atoms with Crippen LogP contribution in [-0.4, -0.2) is 69.0 Å². The van der Waals surface area contributed by atoms with Crippen LogP contribution in [-0.2, 0) is 19.2 Å². The van der Waals surface area contributed by atoms with Crippen LogP contribution in [0.15, 0.2) is 0 Å². The second kappa shape index (κ2) is 9.62. The first-order valence-electron chi connectivity index (χ1n) is 8.82. The highest BCUT2D eigenvalue weighted by Gasteiger charge is 2.38. The Kier molecular flexibility index (Phi) is 7.81. The number of imide groups is 2. The van der Waals surface area contributed by atoms with Gasteiger partial charge >= 0.3 is 0 Å². The SMILES string of the molecule is CCSC1CC(=O)N(CCCCCCN2C(=O)CC(SC)C2=O)C1=O. The Morgan fingerprint density at radius 2 is 1.32 bits per heavy atom. The van der Waals surface area contributed by atoms with Gasteiger partial charge in [0.2, 0.25) is 23.6 Å². The van der Waals surface area contributed by atoms with Crippen molar-refractivity contribution in [1.29, 1.82) is 0 Å². The minimum absolute atomic E-state index is 0.0479. The second-order valence-electron chi connectivity index (χ2n) is 6.26. The fourth-order valence-corrected chi connectivity index (χ4v) is 4.76. The van der Waals surface area contributed by atoms with Gasteiger partial charge < -0.3 is 0 Å². The summed E-state index contributed by atoms with van der Waals surface area (Å²) in [5.74, 6) is 0.589. The molecule has 2 saturated heterocycles. The lowest BCUT2D eigenvalue weighted by Crippen LogP contribution is -2.32. The van der Waals surface area contributed by atoms with Crippen molar-refractivity contribution in [2.24, 2.45) is 0 Å². The van der Waals surface area contributed by atoms with Crippen LogP contribution in [0.3, 0.4) is 0 Å². The summed E-state index contributed by atoms with van der Waals surface area (Å²) >= 11 is 2.97. The Balaban J connectivity index is 1.62. The molecular formula is C17H26N2O4S2. The van der Waals surface area contributed by atoms with E-state index < -0.39 is 0 Å². The third-order valence-corrected chi connectivity index (χ3v) is 6.61. The molecular weight excluding hydrogens is 360 g/mol. The van der Waals surface area contributed by atoms with Crippen LogP contribution in [0.1, 0.15) is 45.4 Å². The number of rotatable bonds is 10. The summed E-state index contributed by atoms with van der Waals surface area (Å²) in [6.07, 6.45) is 5.80. The maximum atomic E-state index is 12.1. The number of hydrogen-bond donors (Lipinski definition) is 0. The fourth-order valence-electron chi connectivity index (χ4n) is 3.18. The summed E-state index contributed by atoms with van der Waals surface area (Å²) in [6.45, 7) is 2.95. The number of amides is 4. The van der Waals surface area contributed by atoms with Crippen molar-refractivity contribution < 1.29 is 19.2 Å². The molecule has 2 heterocycles. The third kappa shape index (κ3) is 5.00. The van der Waals surface area contributed by atoms with Gasteiger partial charge in [-0.3, -0.25) is 29.0 Å². The molecule has 25 heavy (non-hydrogen) atoms. The molecule has 0 aromatic carbocycles. The molecule has 2 aliphatic heterocycles. The molecule has 8 heteroatoms. The molecule has 6 nitrogen and oxygen atoms in total. The van der Waals surface area contributed by atoms with Crippen molar-refractivity contribution in [3.63, 3.8) is 0 Å². The zero-order chi connectivity index (χ0) is 18.4. The predicted octanol–water partition coefficient (Wildman–Crippen LogP) is 1.92. The number of thioether (sulfide) groups is 2. The molecule has 140 valence electrons. The molecule has 2 atom stereocenters. The van der Waals surface area contributed by atoms with Gasteiger partial charge in [0.1, 0.15) is 0 Å². The van der Waals surface area contributed by atoms with Gasteiger partial charge in [0, 0.05) is 25.9 Å². The van der Waals surface area contributed by atoms with Crippen molar-refractivity contribution >= 4 is 47.2 Å². The monoisotopic (exact) mass is 386 g/mol. The summed E-state index contributed by atoms with van der Waals surface area (Å²) in [7, 11) is 0. The first-order chi connectivity index (χ1) is 12.0. The quantitative estimate of drug-likeness (QED) is 0.422. The molecule has 4 amide bonds. The zero-order valence-corrected chi connectivity index (χ0v) is 16.5. The van der Waals surface area contributed by atoms with Crippen LogP contribution in [0.5, 0.6) is 0 Å². The van der Waals surface area contributed by atoms with Crippen LogP contribution in [0.25, 0.3) is 0 Å². The number of carbonyl (C=O) groups is 4. The van der Waals surface area contributed by atoms with Gasteiger partial charge in [-0.25, -0.2) is 0 Å². The molecule has 0 aromatic heterocycles. The average molecular weight is 387 g/mol. The Morgan fingerprint density at radius 3 is 1.76 bits per heavy atom. The largest absolute Gasteiger partial charge is 0.282 e. The van der Waals surface area contributed by atoms with Gasteiger partial charge in [-0.1, -0.05) is 19.8 Å². The van der Waals surface area contributed by atoms with Crippen molar-refractivity contribution in [2.75, 3.05) is 25.1 Å². The molecule has 2 aliphatic rings. The van der Waals surface area contributed by atoms with E-state index >= 15 is 0 Å². The van der Waals surface area contributed by atoms with Crippen LogP contribution < -0.4 is 0 Å². The Morgan fingerprint density at radius 1 is 0.840 bits per heavy atom. The van der Waals surface area contributed by atoms with E-state index in [1.807, 2.05) is 13.2 Å². The van der Waals surface area contributed by atoms with E-state index in [2.05, 4.69) is 0 Å². The van der Waals surface area contributed by atoms with Crippen molar-refractivity contribution in [2.45, 2.75) is 55.9 Å². The van der Waals surface area contributed by atoms with E-state index in [0.29, 0.717) is 25.9 Å². The van der Waals surface area contributed by atoms with Crippen molar-refractivity contribution in [1.82, 2.24) is 9.80 Å². The maximum absolute atomic E-state index is 12.1. The van der Waals surface area contributed by atoms with Gasteiger partial charge in [0.25, 0.3) is 0 Å². The second-order valence-corrected chi connectivity index (χ2v) is 8.78. The van der Waals surface area contributed by atoms with Crippen LogP contribution >= 0.6 is 23.5 Å². The summed E-state index contributed by atoms with van der Waals surface area (Å²) in [5, 5.41) is -0.414. The Bertz CT molecular complexity index is 541. The highest BCUT2D eigenvalue weighted by Crippen LogP contribution is 2.25. The molecule has 2 fully saturated rings. The molecule has 0 bridgehead atoms. The Labute approximate surface area is 157 Å². The van der Waals surface area contributed by atoms with Gasteiger partial charge in [0.15, 0.2) is 0 Å². The minimum atomic E-state index is -0.214. The molecule has 2 rings (SSSR count). The van der Waals surface area contributed by atoms with Gasteiger partial charge in [0.05, 0.1) is 10.5 Å². The van der Waals surface area contributed by atoms with E-state index in [-0.39, 0.29) is 34.1 Å². The van der Waals surface area contributed by atoms with Crippen LogP contribution in [0.2, 0.25) is 0 Å². The number of hydrogen-bond acceptors (Lipinski definition) is 6. The predicted molar refractivity (Wildman–Crippen MR) is 100 cm³/mol. The number of carbonyl (C=O) groups excluding carboxylic acids is 4. The van der Waals surface area contributed by atoms with E-state index in [1.54, 1.807) is 0 Å². The lowest BCUT2D eigenvalue weighted by Gasteiger charge is -2.16. The van der Waals surface area contributed by atoms with Crippen LogP contribution in [0, 0.1) is 0 Å². The first-order valence-corrected chi connectivity index (χ1v) is 11.2. The standard InChI is InChI=1S/C17H26N2O4S2/c1-3-25-13-11-15(21)19(17(13)23)9-7-5-4-6-8-18-14(20)10-12(24-2)16(18)22/h12-13H,3-11H2,1-2H3. The molecule has 0 spiro atoms. The lowest BCUT2D eigenvalue weighted by molar-refractivity contribution is -0.140. The molecule has 0 saturated carbocycles. The Hall–Kier alpha value is -1.02. The number of nitrogens with zero attached hydrogens (tertiary/aromatic N) is 2. The third-order valence-electron chi connectivity index (χ3n) is 4.57. The normalized spacial score (nSPS) is 24.1. The molecule has 0 aromatic rings. The first kappa shape index (κ1) is 20.3. The molecule has 0 N–H and O–H groups in total. The molecule has 0 radical (unpaired) electrons. The fraction of sp³-hybridized carbons (Fsp3) is 0.765. The highest BCUT2D eigenvalue weighted by molar-refractivity contribution is 8.00. The summed E-state index contributed by atoms with van der Waals surface area (Å²) in [4.78, 5) is 50.6. The zero-order valence-electron chi connectivity index (χ0n) is 14.9. The van der Waals surface area contributed by atoms with E-state index in [0.717, 1.165) is 31.4 Å². The molecule has 2 unspecified atom stereocenters. The summed E-state index contributed by atoms with van der Waals surface area (Å²) in [5.41, 5.74) is 0. The summed E-state index contributed by atoms with van der Waals surface area (Å²) in [6, 6.07) is 0. The minimum Gasteiger partial charge on any atom is -0.282 e. The van der Waals surface area contributed by atoms with Gasteiger partial charge in [-0.15, -0.1) is 11.8 Å². The maximum Gasteiger partial charge on any atom is 0.242 e. The van der Waals surface area contributed by atoms with E-state index in [9.17, 15) is 19.2 Å².